The van der Waals surface area contributed by atoms with Crippen LogP contribution in [0.1, 0.15) is 6.42 Å². The van der Waals surface area contributed by atoms with Gasteiger partial charge < -0.3 is 19.9 Å². The fraction of sp³-hybridized carbons (Fsp3) is 0.250. The van der Waals surface area contributed by atoms with Crippen molar-refractivity contribution >= 4 is 21.6 Å². The number of nitrogen functional groups attached to an aromatic ring is 1. The van der Waals surface area contributed by atoms with Crippen LogP contribution in [0.2, 0.25) is 0 Å². The first-order valence-corrected chi connectivity index (χ1v) is 7.43. The normalized spacial score (nSPS) is 10.2. The smallest absolute Gasteiger partial charge is 0.175 e. The van der Waals surface area contributed by atoms with E-state index in [9.17, 15) is 0 Å². The van der Waals surface area contributed by atoms with Crippen molar-refractivity contribution in [3.63, 3.8) is 0 Å². The summed E-state index contributed by atoms with van der Waals surface area (Å²) in [6.07, 6.45) is 0.763. The molecule has 2 N–H and O–H groups in total. The number of hydrogen-bond acceptors (Lipinski definition) is 4. The van der Waals surface area contributed by atoms with E-state index in [-0.39, 0.29) is 0 Å². The van der Waals surface area contributed by atoms with Crippen molar-refractivity contribution < 1.29 is 14.2 Å². The van der Waals surface area contributed by atoms with Crippen LogP contribution in [0.3, 0.4) is 0 Å². The molecule has 0 heterocycles. The lowest BCUT2D eigenvalue weighted by Crippen LogP contribution is -2.06. The first kappa shape index (κ1) is 15.5. The van der Waals surface area contributed by atoms with Gasteiger partial charge in [0, 0.05) is 18.2 Å². The summed E-state index contributed by atoms with van der Waals surface area (Å²) < 4.78 is 17.5. The molecule has 4 nitrogen and oxygen atoms in total. The van der Waals surface area contributed by atoms with E-state index in [1.54, 1.807) is 13.2 Å². The van der Waals surface area contributed by atoms with Gasteiger partial charge in [-0.05, 0) is 40.2 Å². The zero-order valence-electron chi connectivity index (χ0n) is 11.8. The lowest BCUT2D eigenvalue weighted by Gasteiger charge is -2.12. The lowest BCUT2D eigenvalue weighted by molar-refractivity contribution is 0.239. The Hall–Kier alpha value is -1.88. The number of nitrogens with two attached hydrogens (primary N) is 1. The summed E-state index contributed by atoms with van der Waals surface area (Å²) in [6, 6.07) is 13.1. The molecule has 112 valence electrons. The average molecular weight is 352 g/mol. The Bertz CT molecular complexity index is 589. The van der Waals surface area contributed by atoms with E-state index in [1.807, 2.05) is 36.4 Å². The Morgan fingerprint density at radius 2 is 1.81 bits per heavy atom. The van der Waals surface area contributed by atoms with Crippen LogP contribution in [-0.2, 0) is 0 Å². The predicted molar refractivity (Wildman–Crippen MR) is 87.2 cm³/mol. The van der Waals surface area contributed by atoms with E-state index in [0.717, 1.165) is 16.6 Å². The van der Waals surface area contributed by atoms with Gasteiger partial charge in [0.05, 0.1) is 24.8 Å². The van der Waals surface area contributed by atoms with Gasteiger partial charge in [-0.1, -0.05) is 12.1 Å². The van der Waals surface area contributed by atoms with Crippen LogP contribution in [0.15, 0.2) is 46.9 Å². The number of benzene rings is 2. The molecule has 0 unspecified atom stereocenters. The predicted octanol–water partition coefficient (Wildman–Crippen LogP) is 3.89. The molecule has 0 aromatic heterocycles. The molecular weight excluding hydrogens is 334 g/mol. The minimum absolute atomic E-state index is 0.543. The summed E-state index contributed by atoms with van der Waals surface area (Å²) >= 11 is 3.45. The highest BCUT2D eigenvalue weighted by molar-refractivity contribution is 9.10. The second-order valence-electron chi connectivity index (χ2n) is 4.39. The number of anilines is 1. The molecule has 0 radical (unpaired) electrons. The summed E-state index contributed by atoms with van der Waals surface area (Å²) in [4.78, 5) is 0. The van der Waals surface area contributed by atoms with Gasteiger partial charge in [-0.25, -0.2) is 0 Å². The Balaban J connectivity index is 1.78. The molecule has 0 saturated heterocycles. The molecule has 0 aliphatic heterocycles. The topological polar surface area (TPSA) is 53.7 Å². The molecule has 2 aromatic rings. The van der Waals surface area contributed by atoms with E-state index in [0.29, 0.717) is 30.4 Å². The van der Waals surface area contributed by atoms with Gasteiger partial charge in [-0.3, -0.25) is 0 Å². The van der Waals surface area contributed by atoms with Gasteiger partial charge in [0.2, 0.25) is 0 Å². The highest BCUT2D eigenvalue weighted by Gasteiger charge is 2.08. The third kappa shape index (κ3) is 4.56. The van der Waals surface area contributed by atoms with Gasteiger partial charge in [0.25, 0.3) is 0 Å². The number of rotatable bonds is 7. The second kappa shape index (κ2) is 7.78. The maximum absolute atomic E-state index is 5.74. The molecule has 21 heavy (non-hydrogen) atoms. The van der Waals surface area contributed by atoms with Gasteiger partial charge >= 0.3 is 0 Å². The van der Waals surface area contributed by atoms with Crippen LogP contribution in [0.5, 0.6) is 17.2 Å². The second-order valence-corrected chi connectivity index (χ2v) is 5.25. The largest absolute Gasteiger partial charge is 0.493 e. The molecule has 2 rings (SSSR count). The first-order chi connectivity index (χ1) is 10.2. The van der Waals surface area contributed by atoms with Gasteiger partial charge in [0.1, 0.15) is 5.75 Å². The van der Waals surface area contributed by atoms with Crippen molar-refractivity contribution in [1.82, 2.24) is 0 Å². The molecule has 0 saturated carbocycles. The third-order valence-corrected chi connectivity index (χ3v) is 3.44. The van der Waals surface area contributed by atoms with Crippen molar-refractivity contribution in [2.24, 2.45) is 0 Å². The van der Waals surface area contributed by atoms with Gasteiger partial charge in [-0.2, -0.15) is 0 Å². The van der Waals surface area contributed by atoms with E-state index in [1.165, 1.54) is 0 Å². The molecule has 0 fully saturated rings. The van der Waals surface area contributed by atoms with Crippen LogP contribution in [0.4, 0.5) is 5.69 Å². The Morgan fingerprint density at radius 1 is 1.05 bits per heavy atom. The first-order valence-electron chi connectivity index (χ1n) is 6.64. The molecule has 0 bridgehead atoms. The minimum Gasteiger partial charge on any atom is -0.493 e. The van der Waals surface area contributed by atoms with Crippen LogP contribution in [0.25, 0.3) is 0 Å². The Kier molecular flexibility index (Phi) is 5.75. The van der Waals surface area contributed by atoms with Crippen LogP contribution in [0, 0.1) is 0 Å². The summed E-state index contributed by atoms with van der Waals surface area (Å²) in [5, 5.41) is 0. The lowest BCUT2D eigenvalue weighted by atomic mass is 10.3. The van der Waals surface area contributed by atoms with Crippen molar-refractivity contribution in [3.05, 3.63) is 46.9 Å². The molecule has 0 aliphatic carbocycles. The number of hydrogen-bond donors (Lipinski definition) is 1. The minimum atomic E-state index is 0.543. The fourth-order valence-corrected chi connectivity index (χ4v) is 2.28. The third-order valence-electron chi connectivity index (χ3n) is 2.81. The Labute approximate surface area is 132 Å². The standard InChI is InChI=1S/C16H18BrNO3/c1-19-15-8-3-7-14(17)16(15)21-10-4-9-20-13-6-2-5-12(18)11-13/h2-3,5-8,11H,4,9-10,18H2,1H3. The summed E-state index contributed by atoms with van der Waals surface area (Å²) in [5.74, 6) is 2.19. The number of ether oxygens (including phenoxy) is 3. The van der Waals surface area contributed by atoms with Crippen molar-refractivity contribution in [2.75, 3.05) is 26.1 Å². The zero-order valence-corrected chi connectivity index (χ0v) is 13.4. The maximum Gasteiger partial charge on any atom is 0.175 e. The van der Waals surface area contributed by atoms with Crippen molar-refractivity contribution in [1.29, 1.82) is 0 Å². The van der Waals surface area contributed by atoms with Crippen LogP contribution >= 0.6 is 15.9 Å². The summed E-state index contributed by atoms with van der Waals surface area (Å²) in [5.41, 5.74) is 6.39. The summed E-state index contributed by atoms with van der Waals surface area (Å²) in [7, 11) is 1.62. The molecule has 2 aromatic carbocycles. The quantitative estimate of drug-likeness (QED) is 0.607. The number of methoxy groups -OCH3 is 1. The molecule has 5 heteroatoms. The maximum atomic E-state index is 5.74. The molecule has 0 atom stereocenters. The number of para-hydroxylation sites is 1. The Morgan fingerprint density at radius 3 is 2.57 bits per heavy atom. The van der Waals surface area contributed by atoms with E-state index in [4.69, 9.17) is 19.9 Å². The SMILES string of the molecule is COc1cccc(Br)c1OCCCOc1cccc(N)c1. The molecule has 0 amide bonds. The molecule has 0 spiro atoms. The van der Waals surface area contributed by atoms with Gasteiger partial charge in [-0.15, -0.1) is 0 Å². The van der Waals surface area contributed by atoms with Crippen LogP contribution in [-0.4, -0.2) is 20.3 Å². The highest BCUT2D eigenvalue weighted by atomic mass is 79.9. The molecule has 0 aliphatic rings. The van der Waals surface area contributed by atoms with Gasteiger partial charge in [0.15, 0.2) is 11.5 Å². The van der Waals surface area contributed by atoms with Crippen LogP contribution < -0.4 is 19.9 Å². The molecular formula is C16H18BrNO3. The monoisotopic (exact) mass is 351 g/mol. The van der Waals surface area contributed by atoms with Crippen molar-refractivity contribution in [2.45, 2.75) is 6.42 Å². The number of halogens is 1. The van der Waals surface area contributed by atoms with E-state index < -0.39 is 0 Å². The van der Waals surface area contributed by atoms with E-state index in [2.05, 4.69) is 15.9 Å². The van der Waals surface area contributed by atoms with Crippen molar-refractivity contribution in [3.8, 4) is 17.2 Å². The fourth-order valence-electron chi connectivity index (χ4n) is 1.82. The van der Waals surface area contributed by atoms with E-state index >= 15 is 0 Å². The highest BCUT2D eigenvalue weighted by Crippen LogP contribution is 2.34. The summed E-state index contributed by atoms with van der Waals surface area (Å²) in [6.45, 7) is 1.11. The average Bonchev–Trinajstić information content (AvgIpc) is 2.48. The zero-order chi connectivity index (χ0) is 15.1.